The molecule has 136 valence electrons. The molecule has 0 aliphatic rings. The summed E-state index contributed by atoms with van der Waals surface area (Å²) in [6.07, 6.45) is 1.21. The van der Waals surface area contributed by atoms with Gasteiger partial charge >= 0.3 is 0 Å². The molecule has 0 aliphatic heterocycles. The van der Waals surface area contributed by atoms with Crippen LogP contribution in [0.5, 0.6) is 5.75 Å². The summed E-state index contributed by atoms with van der Waals surface area (Å²) in [5, 5.41) is 6.56. The van der Waals surface area contributed by atoms with Gasteiger partial charge in [0.05, 0.1) is 12.8 Å². The van der Waals surface area contributed by atoms with Crippen molar-refractivity contribution in [3.63, 3.8) is 0 Å². The summed E-state index contributed by atoms with van der Waals surface area (Å²) in [7, 11) is 0. The summed E-state index contributed by atoms with van der Waals surface area (Å²) >= 11 is 0. The van der Waals surface area contributed by atoms with Gasteiger partial charge in [-0.15, -0.1) is 0 Å². The van der Waals surface area contributed by atoms with Gasteiger partial charge in [0.1, 0.15) is 12.2 Å². The van der Waals surface area contributed by atoms with Gasteiger partial charge < -0.3 is 10.1 Å². The van der Waals surface area contributed by atoms with Crippen LogP contribution in [0.3, 0.4) is 0 Å². The second-order valence-corrected chi connectivity index (χ2v) is 5.82. The van der Waals surface area contributed by atoms with Gasteiger partial charge in [0.25, 0.3) is 0 Å². The molecule has 0 atom stereocenters. The molecule has 6 heteroatoms. The maximum atomic E-state index is 11.9. The average Bonchev–Trinajstić information content (AvgIpc) is 2.60. The normalized spacial score (nSPS) is 10.6. The number of carbonyl (C=O) groups excluding carboxylic acids is 2. The topological polar surface area (TPSA) is 79.8 Å². The molecule has 2 amide bonds. The molecule has 0 spiro atoms. The number of nitrogens with one attached hydrogen (secondary N) is 2. The average molecular weight is 353 g/mol. The fourth-order valence-corrected chi connectivity index (χ4v) is 2.21. The van der Waals surface area contributed by atoms with Gasteiger partial charge in [-0.05, 0) is 73.9 Å². The Balaban J connectivity index is 1.80. The molecule has 6 nitrogen and oxygen atoms in total. The highest BCUT2D eigenvalue weighted by Gasteiger charge is 2.09. The number of ether oxygens (including phenoxy) is 1. The van der Waals surface area contributed by atoms with Gasteiger partial charge in [0.15, 0.2) is 0 Å². The number of rotatable bonds is 7. The van der Waals surface area contributed by atoms with Crippen molar-refractivity contribution in [3.8, 4) is 5.75 Å². The largest absolute Gasteiger partial charge is 0.494 e. The van der Waals surface area contributed by atoms with Gasteiger partial charge in [-0.25, -0.2) is 5.43 Å². The van der Waals surface area contributed by atoms with Gasteiger partial charge in [-0.2, -0.15) is 5.10 Å². The number of aryl methyl sites for hydroxylation is 2. The van der Waals surface area contributed by atoms with E-state index in [4.69, 9.17) is 4.74 Å². The summed E-state index contributed by atoms with van der Waals surface area (Å²) in [4.78, 5) is 23.7. The summed E-state index contributed by atoms with van der Waals surface area (Å²) in [6, 6.07) is 12.9. The standard InChI is InChI=1S/C20H23N3O3/c1-4-26-18-9-6-16(7-10-18)13-21-23-20(25)12-19(24)22-17-8-5-14(2)15(3)11-17/h5-11,13H,4,12H2,1-3H3,(H,22,24)(H,23,25). The van der Waals surface area contributed by atoms with E-state index in [1.165, 1.54) is 6.21 Å². The Kier molecular flexibility index (Phi) is 6.91. The van der Waals surface area contributed by atoms with Crippen LogP contribution in [-0.2, 0) is 9.59 Å². The zero-order valence-corrected chi connectivity index (χ0v) is 15.2. The van der Waals surface area contributed by atoms with Gasteiger partial charge in [0.2, 0.25) is 11.8 Å². The summed E-state index contributed by atoms with van der Waals surface area (Å²) in [5.41, 5.74) is 6.05. The molecule has 0 radical (unpaired) electrons. The highest BCUT2D eigenvalue weighted by molar-refractivity contribution is 6.03. The Morgan fingerprint density at radius 3 is 2.42 bits per heavy atom. The number of benzene rings is 2. The monoisotopic (exact) mass is 353 g/mol. The molecule has 0 bridgehead atoms. The maximum absolute atomic E-state index is 11.9. The number of nitrogens with zero attached hydrogens (tertiary/aromatic N) is 1. The van der Waals surface area contributed by atoms with E-state index in [0.29, 0.717) is 12.3 Å². The Morgan fingerprint density at radius 2 is 1.77 bits per heavy atom. The van der Waals surface area contributed by atoms with Gasteiger partial charge in [0, 0.05) is 5.69 Å². The van der Waals surface area contributed by atoms with E-state index < -0.39 is 5.91 Å². The molecule has 0 fully saturated rings. The molecule has 2 rings (SSSR count). The maximum Gasteiger partial charge on any atom is 0.249 e. The lowest BCUT2D eigenvalue weighted by atomic mass is 10.1. The molecule has 26 heavy (non-hydrogen) atoms. The van der Waals surface area contributed by atoms with Crippen LogP contribution in [0.25, 0.3) is 0 Å². The number of hydrogen-bond donors (Lipinski definition) is 2. The highest BCUT2D eigenvalue weighted by atomic mass is 16.5. The third-order valence-corrected chi connectivity index (χ3v) is 3.71. The van der Waals surface area contributed by atoms with E-state index in [0.717, 1.165) is 22.4 Å². The van der Waals surface area contributed by atoms with Crippen molar-refractivity contribution in [2.45, 2.75) is 27.2 Å². The predicted molar refractivity (Wildman–Crippen MR) is 103 cm³/mol. The zero-order valence-electron chi connectivity index (χ0n) is 15.2. The van der Waals surface area contributed by atoms with Crippen LogP contribution in [0.1, 0.15) is 30.0 Å². The number of hydrazone groups is 1. The first-order chi connectivity index (χ1) is 12.5. The van der Waals surface area contributed by atoms with Crippen LogP contribution in [0.4, 0.5) is 5.69 Å². The van der Waals surface area contributed by atoms with E-state index in [-0.39, 0.29) is 12.3 Å². The van der Waals surface area contributed by atoms with E-state index >= 15 is 0 Å². The summed E-state index contributed by atoms with van der Waals surface area (Å²) < 4.78 is 5.35. The number of amides is 2. The Hall–Kier alpha value is -3.15. The minimum absolute atomic E-state index is 0.298. The van der Waals surface area contributed by atoms with Crippen molar-refractivity contribution in [3.05, 3.63) is 59.2 Å². The minimum atomic E-state index is -0.478. The number of hydrogen-bond acceptors (Lipinski definition) is 4. The smallest absolute Gasteiger partial charge is 0.249 e. The van der Waals surface area contributed by atoms with Gasteiger partial charge in [-0.3, -0.25) is 9.59 Å². The summed E-state index contributed by atoms with van der Waals surface area (Å²) in [6.45, 7) is 6.48. The molecule has 0 aliphatic carbocycles. The van der Waals surface area contributed by atoms with Crippen LogP contribution in [0.15, 0.2) is 47.6 Å². The molecule has 2 N–H and O–H groups in total. The summed E-state index contributed by atoms with van der Waals surface area (Å²) in [5.74, 6) is -0.0905. The first-order valence-corrected chi connectivity index (χ1v) is 8.40. The van der Waals surface area contributed by atoms with Crippen LogP contribution in [-0.4, -0.2) is 24.6 Å². The fourth-order valence-electron chi connectivity index (χ4n) is 2.21. The fraction of sp³-hybridized carbons (Fsp3) is 0.250. The molecule has 0 saturated carbocycles. The Labute approximate surface area is 153 Å². The van der Waals surface area contributed by atoms with E-state index in [9.17, 15) is 9.59 Å². The van der Waals surface area contributed by atoms with Crippen molar-refractivity contribution in [2.24, 2.45) is 5.10 Å². The van der Waals surface area contributed by atoms with Crippen molar-refractivity contribution in [1.29, 1.82) is 0 Å². The van der Waals surface area contributed by atoms with Crippen molar-refractivity contribution in [1.82, 2.24) is 5.43 Å². The third kappa shape index (κ3) is 6.05. The lowest BCUT2D eigenvalue weighted by molar-refractivity contribution is -0.126. The lowest BCUT2D eigenvalue weighted by Gasteiger charge is -2.07. The molecule has 0 unspecified atom stereocenters. The molecular weight excluding hydrogens is 330 g/mol. The second-order valence-electron chi connectivity index (χ2n) is 5.82. The quantitative estimate of drug-likeness (QED) is 0.456. The number of anilines is 1. The highest BCUT2D eigenvalue weighted by Crippen LogP contribution is 2.14. The van der Waals surface area contributed by atoms with Crippen molar-refractivity contribution >= 4 is 23.7 Å². The van der Waals surface area contributed by atoms with Crippen LogP contribution in [0, 0.1) is 13.8 Å². The molecule has 2 aromatic carbocycles. The number of carbonyl (C=O) groups is 2. The van der Waals surface area contributed by atoms with Crippen LogP contribution >= 0.6 is 0 Å². The van der Waals surface area contributed by atoms with Crippen molar-refractivity contribution < 1.29 is 14.3 Å². The molecule has 0 heterocycles. The second kappa shape index (κ2) is 9.36. The van der Waals surface area contributed by atoms with E-state index in [1.807, 2.05) is 63.2 Å². The Bertz CT molecular complexity index is 798. The Morgan fingerprint density at radius 1 is 1.04 bits per heavy atom. The first kappa shape index (κ1) is 19.2. The molecular formula is C20H23N3O3. The SMILES string of the molecule is CCOc1ccc(C=NNC(=O)CC(=O)Nc2ccc(C)c(C)c2)cc1. The van der Waals surface area contributed by atoms with Gasteiger partial charge in [-0.1, -0.05) is 6.07 Å². The zero-order chi connectivity index (χ0) is 18.9. The molecule has 2 aromatic rings. The minimum Gasteiger partial charge on any atom is -0.494 e. The van der Waals surface area contributed by atoms with Crippen LogP contribution in [0.2, 0.25) is 0 Å². The molecule has 0 saturated heterocycles. The predicted octanol–water partition coefficient (Wildman–Crippen LogP) is 3.18. The van der Waals surface area contributed by atoms with E-state index in [2.05, 4.69) is 15.8 Å². The van der Waals surface area contributed by atoms with Crippen LogP contribution < -0.4 is 15.5 Å². The van der Waals surface area contributed by atoms with E-state index in [1.54, 1.807) is 0 Å². The lowest BCUT2D eigenvalue weighted by Crippen LogP contribution is -2.24. The third-order valence-electron chi connectivity index (χ3n) is 3.71. The first-order valence-electron chi connectivity index (χ1n) is 8.40. The molecule has 0 aromatic heterocycles. The van der Waals surface area contributed by atoms with Crippen molar-refractivity contribution in [2.75, 3.05) is 11.9 Å².